The van der Waals surface area contributed by atoms with E-state index in [-0.39, 0.29) is 29.7 Å². The third-order valence-electron chi connectivity index (χ3n) is 9.70. The Balaban J connectivity index is 4.96. The molecule has 0 saturated carbocycles. The number of Topliss-reactive ketones (excluding diaryl/α,β-unsaturated/α-hetero) is 2. The second-order valence-electron chi connectivity index (χ2n) is 16.1. The van der Waals surface area contributed by atoms with E-state index in [1.54, 1.807) is 21.1 Å². The zero-order valence-electron chi connectivity index (χ0n) is 34.0. The lowest BCUT2D eigenvalue weighted by atomic mass is 9.81. The standard InChI is InChI=1S/C42H80NO8P/c1-6-8-10-12-14-16-18-20-21-23-25-27-29-31-33-35-40(45)42(47,41(46)39(37-43(3,4)5)51-52(48,49)50)36-38(44)34-32-30-28-26-24-22-19-17-15-13-11-9-7-2/h14,16,20-21,39,41,46-47H,6-13,15,17-19,22-37H2,1-5H3,(H-,48,49,50)/b16-14-,21-20-. The lowest BCUT2D eigenvalue weighted by Crippen LogP contribution is -2.59. The number of carbonyl (C=O) groups excluding carboxylic acids is 2. The molecule has 0 spiro atoms. The van der Waals surface area contributed by atoms with Gasteiger partial charge in [0.05, 0.1) is 21.1 Å². The van der Waals surface area contributed by atoms with Crippen molar-refractivity contribution in [3.63, 3.8) is 0 Å². The van der Waals surface area contributed by atoms with Crippen molar-refractivity contribution in [2.45, 2.75) is 205 Å². The van der Waals surface area contributed by atoms with Gasteiger partial charge in [-0.3, -0.25) is 14.2 Å². The highest BCUT2D eigenvalue weighted by molar-refractivity contribution is 7.44. The van der Waals surface area contributed by atoms with Crippen LogP contribution in [-0.2, 0) is 18.7 Å². The Morgan fingerprint density at radius 3 is 1.56 bits per heavy atom. The molecule has 4 atom stereocenters. The molecule has 0 aromatic heterocycles. The zero-order valence-corrected chi connectivity index (χ0v) is 34.9. The highest BCUT2D eigenvalue weighted by Gasteiger charge is 2.49. The Morgan fingerprint density at radius 1 is 0.692 bits per heavy atom. The summed E-state index contributed by atoms with van der Waals surface area (Å²) in [5.74, 6) is -1.07. The lowest BCUT2D eigenvalue weighted by Gasteiger charge is -2.39. The molecule has 0 aliphatic rings. The van der Waals surface area contributed by atoms with Gasteiger partial charge in [0.15, 0.2) is 11.4 Å². The number of allylic oxidation sites excluding steroid dienone is 4. The number of ketones is 2. The van der Waals surface area contributed by atoms with Crippen LogP contribution in [0.3, 0.4) is 0 Å². The summed E-state index contributed by atoms with van der Waals surface area (Å²) in [6, 6.07) is 0. The van der Waals surface area contributed by atoms with Crippen molar-refractivity contribution >= 4 is 19.4 Å². The van der Waals surface area contributed by atoms with Crippen LogP contribution in [0.5, 0.6) is 0 Å². The van der Waals surface area contributed by atoms with Gasteiger partial charge in [-0.15, -0.1) is 0 Å². The maximum absolute atomic E-state index is 13.6. The zero-order chi connectivity index (χ0) is 39.1. The maximum atomic E-state index is 13.6. The Morgan fingerprint density at radius 2 is 1.10 bits per heavy atom. The average Bonchev–Trinajstić information content (AvgIpc) is 3.06. The molecule has 4 unspecified atom stereocenters. The van der Waals surface area contributed by atoms with Gasteiger partial charge in [0.1, 0.15) is 24.5 Å². The van der Waals surface area contributed by atoms with Gasteiger partial charge in [0, 0.05) is 19.3 Å². The van der Waals surface area contributed by atoms with Crippen LogP contribution >= 0.6 is 7.82 Å². The number of phosphoric acid groups is 1. The Hall–Kier alpha value is -1.19. The highest BCUT2D eigenvalue weighted by atomic mass is 31.2. The summed E-state index contributed by atoms with van der Waals surface area (Å²) in [7, 11) is -0.164. The number of aliphatic hydroxyl groups excluding tert-OH is 1. The highest BCUT2D eigenvalue weighted by Crippen LogP contribution is 2.37. The number of quaternary nitrogens is 1. The minimum absolute atomic E-state index is 0.0602. The van der Waals surface area contributed by atoms with Gasteiger partial charge in [-0.05, 0) is 44.9 Å². The number of carbonyl (C=O) groups is 2. The summed E-state index contributed by atoms with van der Waals surface area (Å²) in [5, 5.41) is 23.1. The van der Waals surface area contributed by atoms with Gasteiger partial charge >= 0.3 is 0 Å². The molecule has 10 heteroatoms. The summed E-state index contributed by atoms with van der Waals surface area (Å²) in [6.45, 7) is 4.30. The van der Waals surface area contributed by atoms with E-state index >= 15 is 0 Å². The Kier molecular flexibility index (Phi) is 30.4. The minimum atomic E-state index is -5.33. The van der Waals surface area contributed by atoms with Crippen LogP contribution in [-0.4, -0.2) is 76.7 Å². The number of nitrogens with zero attached hydrogens (tertiary/aromatic N) is 1. The second-order valence-corrected chi connectivity index (χ2v) is 17.2. The van der Waals surface area contributed by atoms with Gasteiger partial charge in [0.25, 0.3) is 7.82 Å². The van der Waals surface area contributed by atoms with Crippen LogP contribution in [0, 0.1) is 0 Å². The average molecular weight is 758 g/mol. The van der Waals surface area contributed by atoms with Gasteiger partial charge < -0.3 is 29.0 Å². The molecule has 0 radical (unpaired) electrons. The summed E-state index contributed by atoms with van der Waals surface area (Å²) >= 11 is 0. The van der Waals surface area contributed by atoms with E-state index in [1.807, 2.05) is 0 Å². The number of likely N-dealkylation sites (N-methyl/N-ethyl adjacent to an activating group) is 1. The molecule has 0 aliphatic heterocycles. The minimum Gasteiger partial charge on any atom is -0.756 e. The third kappa shape index (κ3) is 29.2. The summed E-state index contributed by atoms with van der Waals surface area (Å²) < 4.78 is 16.7. The van der Waals surface area contributed by atoms with Crippen molar-refractivity contribution in [1.29, 1.82) is 0 Å². The number of hydrogen-bond donors (Lipinski definition) is 3. The molecule has 0 saturated heterocycles. The van der Waals surface area contributed by atoms with Crippen LogP contribution in [0.15, 0.2) is 24.3 Å². The first-order valence-corrected chi connectivity index (χ1v) is 22.4. The quantitative estimate of drug-likeness (QED) is 0.0246. The molecule has 0 heterocycles. The molecule has 0 fully saturated rings. The van der Waals surface area contributed by atoms with Gasteiger partial charge in [-0.1, -0.05) is 147 Å². The van der Waals surface area contributed by atoms with E-state index in [0.29, 0.717) is 12.8 Å². The molecule has 0 bridgehead atoms. The molecule has 3 N–H and O–H groups in total. The van der Waals surface area contributed by atoms with E-state index in [0.717, 1.165) is 64.2 Å². The van der Waals surface area contributed by atoms with E-state index in [9.17, 15) is 34.2 Å². The largest absolute Gasteiger partial charge is 0.756 e. The smallest absolute Gasteiger partial charge is 0.265 e. The van der Waals surface area contributed by atoms with Crippen molar-refractivity contribution in [1.82, 2.24) is 0 Å². The fourth-order valence-electron chi connectivity index (χ4n) is 6.62. The molecule has 52 heavy (non-hydrogen) atoms. The molecule has 0 aromatic rings. The molecule has 306 valence electrons. The van der Waals surface area contributed by atoms with Crippen LogP contribution < -0.4 is 4.89 Å². The predicted molar refractivity (Wildman–Crippen MR) is 213 cm³/mol. The number of hydrogen-bond acceptors (Lipinski definition) is 7. The first-order valence-electron chi connectivity index (χ1n) is 20.9. The SMILES string of the molecule is CCCCC/C=C\C/C=C\CCCCCCCC(=O)C(O)(CC(=O)CCCCCCCCCCCCCCC)C(O)C(C[N+](C)(C)C)OP(=O)([O-])O. The van der Waals surface area contributed by atoms with Crippen LogP contribution in [0.1, 0.15) is 187 Å². The molecular formula is C42H80NO8P. The van der Waals surface area contributed by atoms with E-state index in [4.69, 9.17) is 4.52 Å². The first kappa shape index (κ1) is 50.8. The van der Waals surface area contributed by atoms with Gasteiger partial charge in [-0.2, -0.15) is 0 Å². The summed E-state index contributed by atoms with van der Waals surface area (Å²) in [6.07, 6.45) is 30.9. The topological polar surface area (TPSA) is 144 Å². The van der Waals surface area contributed by atoms with Crippen molar-refractivity contribution in [3.8, 4) is 0 Å². The predicted octanol–water partition coefficient (Wildman–Crippen LogP) is 9.45. The van der Waals surface area contributed by atoms with Crippen LogP contribution in [0.4, 0.5) is 0 Å². The monoisotopic (exact) mass is 758 g/mol. The van der Waals surface area contributed by atoms with E-state index in [2.05, 4.69) is 38.2 Å². The number of rotatable bonds is 37. The van der Waals surface area contributed by atoms with Crippen molar-refractivity contribution in [2.24, 2.45) is 0 Å². The molecule has 0 aliphatic carbocycles. The lowest BCUT2D eigenvalue weighted by molar-refractivity contribution is -0.873. The second kappa shape index (κ2) is 31.1. The first-order chi connectivity index (χ1) is 24.7. The molecule has 0 aromatic carbocycles. The van der Waals surface area contributed by atoms with Crippen LogP contribution in [0.25, 0.3) is 0 Å². The Labute approximate surface area is 318 Å². The number of unbranched alkanes of at least 4 members (excludes halogenated alkanes) is 20. The van der Waals surface area contributed by atoms with E-state index in [1.165, 1.54) is 77.0 Å². The van der Waals surface area contributed by atoms with Crippen molar-refractivity contribution in [2.75, 3.05) is 27.7 Å². The maximum Gasteiger partial charge on any atom is 0.265 e. The molecule has 9 nitrogen and oxygen atoms in total. The number of phosphoric ester groups is 1. The molecule has 0 rings (SSSR count). The van der Waals surface area contributed by atoms with Crippen LogP contribution in [0.2, 0.25) is 0 Å². The van der Waals surface area contributed by atoms with Gasteiger partial charge in [0.2, 0.25) is 0 Å². The molecule has 0 amide bonds. The fourth-order valence-corrected chi connectivity index (χ4v) is 7.14. The fraction of sp³-hybridized carbons (Fsp3) is 0.857. The summed E-state index contributed by atoms with van der Waals surface area (Å²) in [4.78, 5) is 47.9. The van der Waals surface area contributed by atoms with E-state index < -0.39 is 37.8 Å². The molecular weight excluding hydrogens is 677 g/mol. The summed E-state index contributed by atoms with van der Waals surface area (Å²) in [5.41, 5.74) is -2.53. The third-order valence-corrected chi connectivity index (χ3v) is 10.2. The van der Waals surface area contributed by atoms with Gasteiger partial charge in [-0.25, -0.2) is 0 Å². The number of aliphatic hydroxyl groups is 2. The normalized spacial score (nSPS) is 15.9. The van der Waals surface area contributed by atoms with Crippen molar-refractivity contribution < 1.29 is 43.2 Å². The van der Waals surface area contributed by atoms with Crippen molar-refractivity contribution in [3.05, 3.63) is 24.3 Å². The Bertz CT molecular complexity index is 1000.